The molecule has 6 nitrogen and oxygen atoms in total. The summed E-state index contributed by atoms with van der Waals surface area (Å²) in [5.74, 6) is 1.54. The van der Waals surface area contributed by atoms with Crippen molar-refractivity contribution in [2.45, 2.75) is 25.4 Å². The third-order valence-electron chi connectivity index (χ3n) is 5.04. The van der Waals surface area contributed by atoms with Crippen molar-refractivity contribution in [2.24, 2.45) is 0 Å². The second-order valence-electron chi connectivity index (χ2n) is 6.99. The molecule has 3 aromatic rings. The summed E-state index contributed by atoms with van der Waals surface area (Å²) in [5, 5.41) is 0.697. The van der Waals surface area contributed by atoms with E-state index in [2.05, 4.69) is 0 Å². The number of benzene rings is 2. The number of hydrogen-bond donors (Lipinski definition) is 0. The lowest BCUT2D eigenvalue weighted by Gasteiger charge is -2.23. The van der Waals surface area contributed by atoms with E-state index in [0.29, 0.717) is 18.1 Å². The van der Waals surface area contributed by atoms with E-state index >= 15 is 0 Å². The zero-order valence-corrected chi connectivity index (χ0v) is 17.4. The lowest BCUT2D eigenvalue weighted by atomic mass is 10.1. The molecule has 0 N–H and O–H groups in total. The third-order valence-corrected chi connectivity index (χ3v) is 6.10. The Labute approximate surface area is 174 Å². The summed E-state index contributed by atoms with van der Waals surface area (Å²) in [4.78, 5) is 19.7. The van der Waals surface area contributed by atoms with E-state index in [1.807, 2.05) is 42.5 Å². The fraction of sp³-hybridized carbons (Fsp3) is 0.364. The van der Waals surface area contributed by atoms with Crippen LogP contribution in [0.3, 0.4) is 0 Å². The number of amides is 1. The molecule has 29 heavy (non-hydrogen) atoms. The van der Waals surface area contributed by atoms with Gasteiger partial charge in [0.25, 0.3) is 0 Å². The predicted octanol–water partition coefficient (Wildman–Crippen LogP) is 4.07. The average Bonchev–Trinajstić information content (AvgIpc) is 3.41. The molecule has 1 atom stereocenters. The van der Waals surface area contributed by atoms with Gasteiger partial charge in [-0.3, -0.25) is 9.69 Å². The molecule has 4 rings (SSSR count). The summed E-state index contributed by atoms with van der Waals surface area (Å²) in [6, 6.07) is 13.4. The summed E-state index contributed by atoms with van der Waals surface area (Å²) in [6.45, 7) is 1.27. The van der Waals surface area contributed by atoms with Gasteiger partial charge in [-0.05, 0) is 42.7 Å². The molecule has 1 aliphatic rings. The van der Waals surface area contributed by atoms with Gasteiger partial charge < -0.3 is 14.2 Å². The first kappa shape index (κ1) is 19.7. The highest BCUT2D eigenvalue weighted by atomic mass is 32.1. The Kier molecular flexibility index (Phi) is 5.97. The van der Waals surface area contributed by atoms with Crippen LogP contribution in [0.4, 0.5) is 5.13 Å². The van der Waals surface area contributed by atoms with Gasteiger partial charge in [-0.25, -0.2) is 4.98 Å². The van der Waals surface area contributed by atoms with Crippen molar-refractivity contribution in [3.63, 3.8) is 0 Å². The van der Waals surface area contributed by atoms with E-state index in [0.717, 1.165) is 46.7 Å². The fourth-order valence-corrected chi connectivity index (χ4v) is 4.40. The molecule has 1 fully saturated rings. The number of rotatable bonds is 7. The summed E-state index contributed by atoms with van der Waals surface area (Å²) >= 11 is 1.52. The Morgan fingerprint density at radius 3 is 2.62 bits per heavy atom. The first-order chi connectivity index (χ1) is 14.2. The van der Waals surface area contributed by atoms with E-state index in [1.165, 1.54) is 11.3 Å². The fourth-order valence-electron chi connectivity index (χ4n) is 3.43. The Hall–Kier alpha value is -2.64. The minimum Gasteiger partial charge on any atom is -0.497 e. The van der Waals surface area contributed by atoms with Gasteiger partial charge >= 0.3 is 0 Å². The maximum Gasteiger partial charge on any atom is 0.233 e. The van der Waals surface area contributed by atoms with Crippen LogP contribution >= 0.6 is 11.3 Å². The van der Waals surface area contributed by atoms with Crippen LogP contribution in [0.2, 0.25) is 0 Å². The molecule has 1 amide bonds. The first-order valence-corrected chi connectivity index (χ1v) is 10.5. The highest BCUT2D eigenvalue weighted by molar-refractivity contribution is 7.22. The monoisotopic (exact) mass is 412 g/mol. The molecule has 1 unspecified atom stereocenters. The van der Waals surface area contributed by atoms with Gasteiger partial charge in [-0.1, -0.05) is 23.5 Å². The minimum atomic E-state index is 0.0108. The zero-order valence-electron chi connectivity index (χ0n) is 16.6. The Balaban J connectivity index is 1.60. The second-order valence-corrected chi connectivity index (χ2v) is 8.00. The number of carbonyl (C=O) groups is 1. The van der Waals surface area contributed by atoms with Crippen molar-refractivity contribution >= 4 is 32.6 Å². The highest BCUT2D eigenvalue weighted by Gasteiger charge is 2.26. The predicted molar refractivity (Wildman–Crippen MR) is 114 cm³/mol. The SMILES string of the molecule is COc1ccc(CC(=O)N(CC2CCCO2)c2nc3cc(OC)ccc3s2)cc1. The molecule has 2 heterocycles. The standard InChI is InChI=1S/C22H24N2O4S/c1-26-16-7-5-15(6-8-16)12-21(25)24(14-18-4-3-11-28-18)22-23-19-13-17(27-2)9-10-20(19)29-22/h5-10,13,18H,3-4,11-12,14H2,1-2H3. The van der Waals surface area contributed by atoms with Gasteiger partial charge in [0.05, 0.1) is 43.5 Å². The van der Waals surface area contributed by atoms with Crippen molar-refractivity contribution < 1.29 is 19.0 Å². The summed E-state index contributed by atoms with van der Waals surface area (Å²) in [7, 11) is 3.27. The van der Waals surface area contributed by atoms with Gasteiger partial charge in [0.15, 0.2) is 5.13 Å². The summed E-state index contributed by atoms with van der Waals surface area (Å²) in [5.41, 5.74) is 1.77. The zero-order chi connectivity index (χ0) is 20.2. The maximum atomic E-state index is 13.2. The molecule has 2 aromatic carbocycles. The maximum absolute atomic E-state index is 13.2. The summed E-state index contributed by atoms with van der Waals surface area (Å²) < 4.78 is 17.3. The van der Waals surface area contributed by atoms with E-state index in [-0.39, 0.29) is 12.0 Å². The normalized spacial score (nSPS) is 16.1. The van der Waals surface area contributed by atoms with Crippen LogP contribution in [0.15, 0.2) is 42.5 Å². The van der Waals surface area contributed by atoms with Crippen molar-refractivity contribution in [2.75, 3.05) is 32.3 Å². The molecule has 0 bridgehead atoms. The summed E-state index contributed by atoms with van der Waals surface area (Å²) in [6.07, 6.45) is 2.35. The molecule has 1 saturated heterocycles. The smallest absolute Gasteiger partial charge is 0.233 e. The number of thiazole rings is 1. The molecule has 0 saturated carbocycles. The second kappa shape index (κ2) is 8.80. The van der Waals surface area contributed by atoms with Crippen LogP contribution in [-0.2, 0) is 16.0 Å². The van der Waals surface area contributed by atoms with Crippen LogP contribution in [0.25, 0.3) is 10.2 Å². The lowest BCUT2D eigenvalue weighted by molar-refractivity contribution is -0.118. The van der Waals surface area contributed by atoms with Crippen LogP contribution < -0.4 is 14.4 Å². The van der Waals surface area contributed by atoms with Gasteiger partial charge in [-0.2, -0.15) is 0 Å². The quantitative estimate of drug-likeness (QED) is 0.585. The van der Waals surface area contributed by atoms with Crippen LogP contribution in [0.1, 0.15) is 18.4 Å². The van der Waals surface area contributed by atoms with E-state index in [4.69, 9.17) is 19.2 Å². The van der Waals surface area contributed by atoms with E-state index in [1.54, 1.807) is 19.1 Å². The van der Waals surface area contributed by atoms with Gasteiger partial charge in [0.1, 0.15) is 11.5 Å². The number of aromatic nitrogens is 1. The number of methoxy groups -OCH3 is 2. The number of carbonyl (C=O) groups excluding carboxylic acids is 1. The molecule has 0 radical (unpaired) electrons. The van der Waals surface area contributed by atoms with E-state index in [9.17, 15) is 4.79 Å². The molecular formula is C22H24N2O4S. The minimum absolute atomic E-state index is 0.0108. The van der Waals surface area contributed by atoms with Crippen LogP contribution in [0.5, 0.6) is 11.5 Å². The first-order valence-electron chi connectivity index (χ1n) is 9.66. The Morgan fingerprint density at radius 2 is 1.93 bits per heavy atom. The van der Waals surface area contributed by atoms with Gasteiger partial charge in [0.2, 0.25) is 5.91 Å². The largest absolute Gasteiger partial charge is 0.497 e. The number of ether oxygens (including phenoxy) is 3. The van der Waals surface area contributed by atoms with Crippen LogP contribution in [0, 0.1) is 0 Å². The van der Waals surface area contributed by atoms with Crippen molar-refractivity contribution in [1.29, 1.82) is 0 Å². The Morgan fingerprint density at radius 1 is 1.17 bits per heavy atom. The molecule has 152 valence electrons. The van der Waals surface area contributed by atoms with Crippen molar-refractivity contribution in [3.8, 4) is 11.5 Å². The third kappa shape index (κ3) is 4.52. The topological polar surface area (TPSA) is 60.9 Å². The number of hydrogen-bond acceptors (Lipinski definition) is 6. The molecule has 7 heteroatoms. The number of nitrogens with zero attached hydrogens (tertiary/aromatic N) is 2. The molecule has 1 aliphatic heterocycles. The van der Waals surface area contributed by atoms with Gasteiger partial charge in [0, 0.05) is 12.7 Å². The van der Waals surface area contributed by atoms with Crippen LogP contribution in [-0.4, -0.2) is 44.4 Å². The van der Waals surface area contributed by atoms with E-state index < -0.39 is 0 Å². The molecule has 0 aliphatic carbocycles. The van der Waals surface area contributed by atoms with Gasteiger partial charge in [-0.15, -0.1) is 0 Å². The van der Waals surface area contributed by atoms with Crippen molar-refractivity contribution in [1.82, 2.24) is 4.98 Å². The van der Waals surface area contributed by atoms with Crippen molar-refractivity contribution in [3.05, 3.63) is 48.0 Å². The molecule has 1 aromatic heterocycles. The average molecular weight is 413 g/mol. The molecular weight excluding hydrogens is 388 g/mol. The number of fused-ring (bicyclic) bond motifs is 1. The highest BCUT2D eigenvalue weighted by Crippen LogP contribution is 2.32. The number of anilines is 1. The molecule has 0 spiro atoms. The Bertz CT molecular complexity index is 980. The lowest BCUT2D eigenvalue weighted by Crippen LogP contribution is -2.38.